The van der Waals surface area contributed by atoms with Gasteiger partial charge in [-0.25, -0.2) is 0 Å². The Labute approximate surface area is 110 Å². The smallest absolute Gasteiger partial charge is 0.170 e. The Morgan fingerprint density at radius 3 is 2.89 bits per heavy atom. The van der Waals surface area contributed by atoms with Crippen LogP contribution in [0.3, 0.4) is 0 Å². The summed E-state index contributed by atoms with van der Waals surface area (Å²) in [6.45, 7) is 3.36. The number of benzene rings is 1. The number of aryl methyl sites for hydroxylation is 1. The van der Waals surface area contributed by atoms with Gasteiger partial charge in [-0.1, -0.05) is 22.4 Å². The van der Waals surface area contributed by atoms with Gasteiger partial charge >= 0.3 is 0 Å². The van der Waals surface area contributed by atoms with Crippen LogP contribution in [0.1, 0.15) is 22.4 Å². The lowest BCUT2D eigenvalue weighted by Gasteiger charge is -2.08. The quantitative estimate of drug-likeness (QED) is 0.326. The third kappa shape index (κ3) is 3.32. The van der Waals surface area contributed by atoms with Gasteiger partial charge in [0.1, 0.15) is 6.26 Å². The van der Waals surface area contributed by atoms with E-state index in [0.29, 0.717) is 12.1 Å². The van der Waals surface area contributed by atoms with E-state index in [2.05, 4.69) is 15.6 Å². The molecule has 0 saturated carbocycles. The van der Waals surface area contributed by atoms with Crippen molar-refractivity contribution in [2.24, 2.45) is 10.9 Å². The molecule has 0 aliphatic rings. The summed E-state index contributed by atoms with van der Waals surface area (Å²) in [7, 11) is 0. The van der Waals surface area contributed by atoms with Crippen molar-refractivity contribution in [3.05, 3.63) is 52.9 Å². The molecule has 1 aromatic carbocycles. The van der Waals surface area contributed by atoms with Crippen LogP contribution in [0.5, 0.6) is 0 Å². The van der Waals surface area contributed by atoms with E-state index >= 15 is 0 Å². The largest absolute Gasteiger partial charge is 0.409 e. The molecule has 19 heavy (non-hydrogen) atoms. The summed E-state index contributed by atoms with van der Waals surface area (Å²) in [5, 5.41) is 18.7. The predicted molar refractivity (Wildman–Crippen MR) is 70.7 cm³/mol. The average molecular weight is 260 g/mol. The van der Waals surface area contributed by atoms with Crippen LogP contribution < -0.4 is 11.1 Å². The number of nitrogens with two attached hydrogens (primary N) is 1. The number of nitrogens with zero attached hydrogens (tertiary/aromatic N) is 2. The Morgan fingerprint density at radius 1 is 1.42 bits per heavy atom. The Hall–Kier alpha value is -2.34. The minimum absolute atomic E-state index is 0.116. The minimum atomic E-state index is 0.116. The van der Waals surface area contributed by atoms with Crippen molar-refractivity contribution in [2.75, 3.05) is 0 Å². The van der Waals surface area contributed by atoms with Gasteiger partial charge in [-0.15, -0.1) is 0 Å². The summed E-state index contributed by atoms with van der Waals surface area (Å²) < 4.78 is 4.75. The maximum Gasteiger partial charge on any atom is 0.170 e. The zero-order valence-corrected chi connectivity index (χ0v) is 10.6. The van der Waals surface area contributed by atoms with E-state index < -0.39 is 0 Å². The van der Waals surface area contributed by atoms with Crippen molar-refractivity contribution in [1.29, 1.82) is 0 Å². The second-order valence-corrected chi connectivity index (χ2v) is 4.22. The minimum Gasteiger partial charge on any atom is -0.409 e. The highest BCUT2D eigenvalue weighted by atomic mass is 16.5. The molecule has 0 aliphatic carbocycles. The van der Waals surface area contributed by atoms with Gasteiger partial charge in [0.05, 0.1) is 5.69 Å². The van der Waals surface area contributed by atoms with Gasteiger partial charge in [0, 0.05) is 24.7 Å². The molecule has 4 N–H and O–H groups in total. The van der Waals surface area contributed by atoms with E-state index in [1.54, 1.807) is 6.26 Å². The van der Waals surface area contributed by atoms with E-state index in [4.69, 9.17) is 15.5 Å². The molecular formula is C13H16N4O2. The first kappa shape index (κ1) is 13.1. The first-order chi connectivity index (χ1) is 9.20. The molecule has 0 amide bonds. The average Bonchev–Trinajstić information content (AvgIpc) is 2.93. The molecule has 0 saturated heterocycles. The van der Waals surface area contributed by atoms with Crippen LogP contribution in [-0.2, 0) is 13.1 Å². The monoisotopic (exact) mass is 260 g/mol. The summed E-state index contributed by atoms with van der Waals surface area (Å²) in [6.07, 6.45) is 1.55. The number of rotatable bonds is 5. The Kier molecular flexibility index (Phi) is 4.15. The predicted octanol–water partition coefficient (Wildman–Crippen LogP) is 1.37. The highest BCUT2D eigenvalue weighted by molar-refractivity contribution is 5.97. The summed E-state index contributed by atoms with van der Waals surface area (Å²) in [5.41, 5.74) is 9.35. The van der Waals surface area contributed by atoms with Crippen molar-refractivity contribution in [3.8, 4) is 0 Å². The third-order valence-electron chi connectivity index (χ3n) is 2.86. The molecule has 1 aromatic heterocycles. The second kappa shape index (κ2) is 6.01. The Bertz CT molecular complexity index is 564. The first-order valence-corrected chi connectivity index (χ1v) is 5.88. The van der Waals surface area contributed by atoms with Gasteiger partial charge in [-0.3, -0.25) is 0 Å². The molecular weight excluding hydrogens is 244 g/mol. The van der Waals surface area contributed by atoms with Crippen LogP contribution >= 0.6 is 0 Å². The Morgan fingerprint density at radius 2 is 2.26 bits per heavy atom. The van der Waals surface area contributed by atoms with Gasteiger partial charge in [0.25, 0.3) is 0 Å². The summed E-state index contributed by atoms with van der Waals surface area (Å²) in [5.74, 6) is 0.116. The number of oxime groups is 1. The summed E-state index contributed by atoms with van der Waals surface area (Å²) in [6, 6.07) is 7.50. The lowest BCUT2D eigenvalue weighted by Crippen LogP contribution is -2.16. The van der Waals surface area contributed by atoms with Gasteiger partial charge in [0.15, 0.2) is 5.84 Å². The van der Waals surface area contributed by atoms with Gasteiger partial charge < -0.3 is 20.8 Å². The standard InChI is InChI=1S/C13H16N4O2/c1-9-6-10(13(14)16-18)2-3-11(9)7-15-8-12-4-5-19-17-12/h2-6,15,18H,7-8H2,1H3,(H2,14,16). The second-order valence-electron chi connectivity index (χ2n) is 4.22. The van der Waals surface area contributed by atoms with E-state index in [-0.39, 0.29) is 5.84 Å². The van der Waals surface area contributed by atoms with E-state index in [1.807, 2.05) is 31.2 Å². The number of amidine groups is 1. The fraction of sp³-hybridized carbons (Fsp3) is 0.231. The van der Waals surface area contributed by atoms with Crippen molar-refractivity contribution >= 4 is 5.84 Å². The number of nitrogens with one attached hydrogen (secondary N) is 1. The molecule has 0 fully saturated rings. The molecule has 0 atom stereocenters. The lowest BCUT2D eigenvalue weighted by atomic mass is 10.0. The highest BCUT2D eigenvalue weighted by Crippen LogP contribution is 2.11. The zero-order chi connectivity index (χ0) is 13.7. The molecule has 0 spiro atoms. The lowest BCUT2D eigenvalue weighted by molar-refractivity contribution is 0.318. The topological polar surface area (TPSA) is 96.7 Å². The van der Waals surface area contributed by atoms with Crippen molar-refractivity contribution in [3.63, 3.8) is 0 Å². The van der Waals surface area contributed by atoms with Crippen LogP contribution in [-0.4, -0.2) is 16.2 Å². The van der Waals surface area contributed by atoms with Crippen LogP contribution in [0, 0.1) is 6.92 Å². The Balaban J connectivity index is 1.97. The third-order valence-corrected chi connectivity index (χ3v) is 2.86. The normalized spacial score (nSPS) is 11.7. The highest BCUT2D eigenvalue weighted by Gasteiger charge is 2.04. The molecule has 0 unspecified atom stereocenters. The van der Waals surface area contributed by atoms with E-state index in [1.165, 1.54) is 0 Å². The number of hydrogen-bond donors (Lipinski definition) is 3. The molecule has 1 heterocycles. The number of aromatic nitrogens is 1. The van der Waals surface area contributed by atoms with Crippen LogP contribution in [0.25, 0.3) is 0 Å². The first-order valence-electron chi connectivity index (χ1n) is 5.88. The van der Waals surface area contributed by atoms with Gasteiger partial charge in [-0.2, -0.15) is 0 Å². The maximum atomic E-state index is 8.63. The van der Waals surface area contributed by atoms with Crippen LogP contribution in [0.2, 0.25) is 0 Å². The molecule has 2 aromatic rings. The SMILES string of the molecule is Cc1cc(/C(N)=N/O)ccc1CNCc1ccon1. The molecule has 2 rings (SSSR count). The molecule has 0 aliphatic heterocycles. The van der Waals surface area contributed by atoms with E-state index in [0.717, 1.165) is 23.4 Å². The molecule has 100 valence electrons. The molecule has 0 radical (unpaired) electrons. The maximum absolute atomic E-state index is 8.63. The van der Waals surface area contributed by atoms with Gasteiger partial charge in [0.2, 0.25) is 0 Å². The van der Waals surface area contributed by atoms with Crippen molar-refractivity contribution in [1.82, 2.24) is 10.5 Å². The van der Waals surface area contributed by atoms with E-state index in [9.17, 15) is 0 Å². The number of hydrogen-bond acceptors (Lipinski definition) is 5. The fourth-order valence-corrected chi connectivity index (χ4v) is 1.77. The fourth-order valence-electron chi connectivity index (χ4n) is 1.77. The van der Waals surface area contributed by atoms with Crippen LogP contribution in [0.4, 0.5) is 0 Å². The molecule has 6 nitrogen and oxygen atoms in total. The van der Waals surface area contributed by atoms with Crippen LogP contribution in [0.15, 0.2) is 40.2 Å². The zero-order valence-electron chi connectivity index (χ0n) is 10.6. The summed E-state index contributed by atoms with van der Waals surface area (Å²) >= 11 is 0. The molecule has 0 bridgehead atoms. The molecule has 6 heteroatoms. The summed E-state index contributed by atoms with van der Waals surface area (Å²) in [4.78, 5) is 0. The van der Waals surface area contributed by atoms with Crippen molar-refractivity contribution in [2.45, 2.75) is 20.0 Å². The van der Waals surface area contributed by atoms with Gasteiger partial charge in [-0.05, 0) is 24.1 Å². The van der Waals surface area contributed by atoms with Crippen molar-refractivity contribution < 1.29 is 9.73 Å².